The highest BCUT2D eigenvalue weighted by molar-refractivity contribution is 5.64. The van der Waals surface area contributed by atoms with Crippen molar-refractivity contribution in [3.05, 3.63) is 36.2 Å². The second kappa shape index (κ2) is 6.04. The summed E-state index contributed by atoms with van der Waals surface area (Å²) in [5.41, 5.74) is 7.71. The summed E-state index contributed by atoms with van der Waals surface area (Å²) in [6.45, 7) is 4.65. The fraction of sp³-hybridized carbons (Fsp3) is 0.286. The quantitative estimate of drug-likeness (QED) is 0.862. The van der Waals surface area contributed by atoms with Crippen LogP contribution in [0.25, 0.3) is 0 Å². The summed E-state index contributed by atoms with van der Waals surface area (Å²) in [5.74, 6) is 2.12. The van der Waals surface area contributed by atoms with Gasteiger partial charge < -0.3 is 15.8 Å². The average molecular weight is 258 g/mol. The van der Waals surface area contributed by atoms with E-state index in [1.807, 2.05) is 38.1 Å². The van der Waals surface area contributed by atoms with E-state index in [9.17, 15) is 0 Å². The molecule has 2 aromatic rings. The lowest BCUT2D eigenvalue weighted by Gasteiger charge is -2.11. The van der Waals surface area contributed by atoms with Gasteiger partial charge in [-0.15, -0.1) is 0 Å². The third-order valence-electron chi connectivity index (χ3n) is 2.76. The topological polar surface area (TPSA) is 73.1 Å². The molecule has 1 aromatic carbocycles. The molecular weight excluding hydrogens is 240 g/mol. The minimum atomic E-state index is 0.519. The van der Waals surface area contributed by atoms with Crippen molar-refractivity contribution in [3.8, 4) is 5.75 Å². The molecule has 0 radical (unpaired) electrons. The average Bonchev–Trinajstić information content (AvgIpc) is 2.42. The van der Waals surface area contributed by atoms with Gasteiger partial charge in [-0.05, 0) is 37.6 Å². The molecule has 5 heteroatoms. The molecule has 0 saturated carbocycles. The zero-order chi connectivity index (χ0) is 13.7. The van der Waals surface area contributed by atoms with Gasteiger partial charge in [0.05, 0.1) is 6.61 Å². The highest BCUT2D eigenvalue weighted by Crippen LogP contribution is 2.23. The van der Waals surface area contributed by atoms with Gasteiger partial charge in [-0.3, -0.25) is 0 Å². The van der Waals surface area contributed by atoms with E-state index in [0.29, 0.717) is 12.4 Å². The molecule has 1 aromatic heterocycles. The highest BCUT2D eigenvalue weighted by Gasteiger charge is 2.07. The number of nitrogens with one attached hydrogen (secondary N) is 1. The minimum Gasteiger partial charge on any atom is -0.494 e. The first kappa shape index (κ1) is 13.1. The van der Waals surface area contributed by atoms with Crippen LogP contribution in [0, 0.1) is 0 Å². The Bertz CT molecular complexity index is 540. The Labute approximate surface area is 112 Å². The zero-order valence-corrected chi connectivity index (χ0v) is 11.2. The van der Waals surface area contributed by atoms with E-state index in [-0.39, 0.29) is 0 Å². The number of nitrogens with zero attached hydrogens (tertiary/aromatic N) is 2. The van der Waals surface area contributed by atoms with E-state index in [1.165, 1.54) is 6.33 Å². The van der Waals surface area contributed by atoms with Crippen LogP contribution in [0.2, 0.25) is 0 Å². The van der Waals surface area contributed by atoms with Crippen LogP contribution in [0.15, 0.2) is 30.6 Å². The van der Waals surface area contributed by atoms with Gasteiger partial charge in [0.25, 0.3) is 0 Å². The number of rotatable bonds is 5. The van der Waals surface area contributed by atoms with Crippen LogP contribution in [0.5, 0.6) is 5.75 Å². The standard InChI is InChI=1S/C14H18N4O/c1-3-12-13(15)16-9-17-14(12)18-10-5-7-11(8-6-10)19-4-2/h5-9H,3-4H2,1-2H3,(H3,15,16,17,18). The van der Waals surface area contributed by atoms with Gasteiger partial charge in [-0.1, -0.05) is 6.92 Å². The molecule has 0 aliphatic heterocycles. The third kappa shape index (κ3) is 3.13. The zero-order valence-electron chi connectivity index (χ0n) is 11.2. The molecule has 0 amide bonds. The second-order valence-electron chi connectivity index (χ2n) is 4.02. The van der Waals surface area contributed by atoms with Crippen LogP contribution >= 0.6 is 0 Å². The number of benzene rings is 1. The van der Waals surface area contributed by atoms with Gasteiger partial charge in [-0.2, -0.15) is 0 Å². The van der Waals surface area contributed by atoms with Crippen LogP contribution in [0.4, 0.5) is 17.3 Å². The largest absolute Gasteiger partial charge is 0.494 e. The van der Waals surface area contributed by atoms with Gasteiger partial charge >= 0.3 is 0 Å². The lowest BCUT2D eigenvalue weighted by Crippen LogP contribution is -2.04. The van der Waals surface area contributed by atoms with Crippen molar-refractivity contribution >= 4 is 17.3 Å². The first-order chi connectivity index (χ1) is 9.24. The summed E-state index contributed by atoms with van der Waals surface area (Å²) in [4.78, 5) is 8.23. The summed E-state index contributed by atoms with van der Waals surface area (Å²) < 4.78 is 5.40. The molecule has 19 heavy (non-hydrogen) atoms. The van der Waals surface area contributed by atoms with Crippen molar-refractivity contribution in [1.82, 2.24) is 9.97 Å². The molecule has 0 aliphatic rings. The molecule has 0 spiro atoms. The molecule has 0 bridgehead atoms. The molecule has 1 heterocycles. The molecule has 0 saturated heterocycles. The van der Waals surface area contributed by atoms with Crippen molar-refractivity contribution < 1.29 is 4.74 Å². The third-order valence-corrected chi connectivity index (χ3v) is 2.76. The van der Waals surface area contributed by atoms with Gasteiger partial charge in [0.15, 0.2) is 0 Å². The lowest BCUT2D eigenvalue weighted by atomic mass is 10.2. The number of nitrogen functional groups attached to an aromatic ring is 1. The highest BCUT2D eigenvalue weighted by atomic mass is 16.5. The normalized spacial score (nSPS) is 10.2. The van der Waals surface area contributed by atoms with Crippen LogP contribution in [0.3, 0.4) is 0 Å². The smallest absolute Gasteiger partial charge is 0.139 e. The first-order valence-corrected chi connectivity index (χ1v) is 6.33. The molecule has 100 valence electrons. The number of hydrogen-bond donors (Lipinski definition) is 2. The number of hydrogen-bond acceptors (Lipinski definition) is 5. The Morgan fingerprint density at radius 3 is 2.53 bits per heavy atom. The van der Waals surface area contributed by atoms with Crippen molar-refractivity contribution in [2.45, 2.75) is 20.3 Å². The van der Waals surface area contributed by atoms with Gasteiger partial charge in [0.2, 0.25) is 0 Å². The van der Waals surface area contributed by atoms with E-state index in [0.717, 1.165) is 29.2 Å². The number of anilines is 3. The SMILES string of the molecule is CCOc1ccc(Nc2ncnc(N)c2CC)cc1. The van der Waals surface area contributed by atoms with Crippen LogP contribution in [-0.2, 0) is 6.42 Å². The Hall–Kier alpha value is -2.30. The first-order valence-electron chi connectivity index (χ1n) is 6.33. The van der Waals surface area contributed by atoms with E-state index < -0.39 is 0 Å². The number of ether oxygens (including phenoxy) is 1. The molecule has 2 rings (SSSR count). The van der Waals surface area contributed by atoms with Crippen molar-refractivity contribution in [1.29, 1.82) is 0 Å². The van der Waals surface area contributed by atoms with Crippen LogP contribution in [-0.4, -0.2) is 16.6 Å². The monoisotopic (exact) mass is 258 g/mol. The van der Waals surface area contributed by atoms with E-state index in [4.69, 9.17) is 10.5 Å². The molecule has 5 nitrogen and oxygen atoms in total. The van der Waals surface area contributed by atoms with Gasteiger partial charge in [0.1, 0.15) is 23.7 Å². The van der Waals surface area contributed by atoms with Crippen molar-refractivity contribution in [2.75, 3.05) is 17.7 Å². The Balaban J connectivity index is 2.19. The summed E-state index contributed by atoms with van der Waals surface area (Å²) in [5, 5.41) is 3.25. The summed E-state index contributed by atoms with van der Waals surface area (Å²) in [7, 11) is 0. The molecule has 0 unspecified atom stereocenters. The molecule has 0 fully saturated rings. The fourth-order valence-corrected chi connectivity index (χ4v) is 1.82. The van der Waals surface area contributed by atoms with Gasteiger partial charge in [-0.25, -0.2) is 9.97 Å². The molecule has 0 aliphatic carbocycles. The summed E-state index contributed by atoms with van der Waals surface area (Å²) in [6.07, 6.45) is 2.25. The molecule has 3 N–H and O–H groups in total. The molecular formula is C14H18N4O. The summed E-state index contributed by atoms with van der Waals surface area (Å²) in [6, 6.07) is 7.73. The van der Waals surface area contributed by atoms with Gasteiger partial charge in [0, 0.05) is 11.3 Å². The Morgan fingerprint density at radius 2 is 1.89 bits per heavy atom. The Kier molecular flexibility index (Phi) is 4.18. The predicted molar refractivity (Wildman–Crippen MR) is 76.7 cm³/mol. The predicted octanol–water partition coefficient (Wildman–Crippen LogP) is 2.76. The van der Waals surface area contributed by atoms with Crippen LogP contribution in [0.1, 0.15) is 19.4 Å². The number of aromatic nitrogens is 2. The van der Waals surface area contributed by atoms with E-state index in [1.54, 1.807) is 0 Å². The number of nitrogens with two attached hydrogens (primary N) is 1. The lowest BCUT2D eigenvalue weighted by molar-refractivity contribution is 0.340. The van der Waals surface area contributed by atoms with Crippen molar-refractivity contribution in [2.24, 2.45) is 0 Å². The second-order valence-corrected chi connectivity index (χ2v) is 4.02. The summed E-state index contributed by atoms with van der Waals surface area (Å²) >= 11 is 0. The fourth-order valence-electron chi connectivity index (χ4n) is 1.82. The van der Waals surface area contributed by atoms with Crippen LogP contribution < -0.4 is 15.8 Å². The molecule has 0 atom stereocenters. The Morgan fingerprint density at radius 1 is 1.16 bits per heavy atom. The van der Waals surface area contributed by atoms with E-state index in [2.05, 4.69) is 15.3 Å². The maximum absolute atomic E-state index is 5.84. The van der Waals surface area contributed by atoms with Crippen molar-refractivity contribution in [3.63, 3.8) is 0 Å². The maximum atomic E-state index is 5.84. The minimum absolute atomic E-state index is 0.519. The van der Waals surface area contributed by atoms with E-state index >= 15 is 0 Å². The maximum Gasteiger partial charge on any atom is 0.139 e.